The number of carbonyl (C=O) groups is 1. The van der Waals surface area contributed by atoms with E-state index >= 15 is 0 Å². The highest BCUT2D eigenvalue weighted by Gasteiger charge is 2.29. The van der Waals surface area contributed by atoms with Gasteiger partial charge in [-0.2, -0.15) is 4.99 Å². The fraction of sp³-hybridized carbons (Fsp3) is 0.125. The molecule has 2 N–H and O–H groups in total. The number of nitrogens with zero attached hydrogens (tertiary/aromatic N) is 4. The largest absolute Gasteiger partial charge is 0.378 e. The van der Waals surface area contributed by atoms with Crippen LogP contribution in [0.2, 0.25) is 0 Å². The molecule has 0 fully saturated rings. The molecule has 0 atom stereocenters. The Hall–Kier alpha value is -2.90. The highest BCUT2D eigenvalue weighted by molar-refractivity contribution is 6.17. The SMILES string of the molecule is CN(C)c1ccc(/C=C2\C(=O)N=C3C=CC(N(O)O)=CN32)cc1. The number of amidine groups is 1. The maximum Gasteiger partial charge on any atom is 0.295 e. The van der Waals surface area contributed by atoms with Crippen molar-refractivity contribution in [1.29, 1.82) is 0 Å². The molecule has 2 heterocycles. The van der Waals surface area contributed by atoms with Crippen LogP contribution in [0.25, 0.3) is 6.08 Å². The fourth-order valence-electron chi connectivity index (χ4n) is 2.31. The van der Waals surface area contributed by atoms with Crippen LogP contribution in [0.15, 0.2) is 59.0 Å². The van der Waals surface area contributed by atoms with Crippen LogP contribution in [-0.2, 0) is 4.79 Å². The van der Waals surface area contributed by atoms with Gasteiger partial charge in [0.05, 0.1) is 0 Å². The van der Waals surface area contributed by atoms with Gasteiger partial charge in [0.1, 0.15) is 17.2 Å². The van der Waals surface area contributed by atoms with E-state index in [1.165, 1.54) is 17.2 Å². The molecular formula is C16H16N4O3. The fourth-order valence-corrected chi connectivity index (χ4v) is 2.31. The number of hydroxylamine groups is 2. The molecule has 7 nitrogen and oxygen atoms in total. The molecule has 0 saturated heterocycles. The first-order valence-electron chi connectivity index (χ1n) is 6.95. The van der Waals surface area contributed by atoms with Gasteiger partial charge < -0.3 is 4.90 Å². The standard InChI is InChI=1S/C16H16N4O3/c1-18(2)12-5-3-11(4-6-12)9-14-16(21)17-15-8-7-13(20(22)23)10-19(14)15/h3-10,22-23H,1-2H3/b14-9+. The summed E-state index contributed by atoms with van der Waals surface area (Å²) in [4.78, 5) is 19.5. The number of rotatable bonds is 3. The molecule has 0 unspecified atom stereocenters. The van der Waals surface area contributed by atoms with E-state index in [2.05, 4.69) is 4.99 Å². The van der Waals surface area contributed by atoms with Crippen molar-refractivity contribution in [3.8, 4) is 0 Å². The third-order valence-electron chi connectivity index (χ3n) is 3.55. The van der Waals surface area contributed by atoms with Crippen molar-refractivity contribution in [2.24, 2.45) is 4.99 Å². The van der Waals surface area contributed by atoms with E-state index in [9.17, 15) is 4.79 Å². The first-order valence-corrected chi connectivity index (χ1v) is 6.95. The molecule has 0 bridgehead atoms. The van der Waals surface area contributed by atoms with Crippen molar-refractivity contribution < 1.29 is 15.2 Å². The minimum atomic E-state index is -0.374. The molecule has 23 heavy (non-hydrogen) atoms. The number of amides is 1. The van der Waals surface area contributed by atoms with E-state index in [-0.39, 0.29) is 16.8 Å². The summed E-state index contributed by atoms with van der Waals surface area (Å²) in [5.41, 5.74) is 2.39. The highest BCUT2D eigenvalue weighted by atomic mass is 16.8. The molecule has 118 valence electrons. The van der Waals surface area contributed by atoms with Gasteiger partial charge in [0.25, 0.3) is 5.91 Å². The van der Waals surface area contributed by atoms with E-state index < -0.39 is 0 Å². The lowest BCUT2D eigenvalue weighted by atomic mass is 10.1. The quantitative estimate of drug-likeness (QED) is 0.655. The van der Waals surface area contributed by atoms with Crippen LogP contribution in [0.4, 0.5) is 5.69 Å². The van der Waals surface area contributed by atoms with Crippen LogP contribution in [0.3, 0.4) is 0 Å². The maximum absolute atomic E-state index is 12.1. The van der Waals surface area contributed by atoms with E-state index in [0.717, 1.165) is 11.3 Å². The lowest BCUT2D eigenvalue weighted by Crippen LogP contribution is -2.26. The Bertz CT molecular complexity index is 758. The highest BCUT2D eigenvalue weighted by Crippen LogP contribution is 2.25. The predicted molar refractivity (Wildman–Crippen MR) is 85.7 cm³/mol. The summed E-state index contributed by atoms with van der Waals surface area (Å²) in [6.07, 6.45) is 6.15. The van der Waals surface area contributed by atoms with Gasteiger partial charge in [-0.15, -0.1) is 5.23 Å². The molecule has 3 rings (SSSR count). The number of allylic oxidation sites excluding steroid dienone is 1. The summed E-state index contributed by atoms with van der Waals surface area (Å²) >= 11 is 0. The number of carbonyl (C=O) groups excluding carboxylic acids is 1. The van der Waals surface area contributed by atoms with E-state index in [1.807, 2.05) is 43.3 Å². The third-order valence-corrected chi connectivity index (χ3v) is 3.55. The zero-order valence-corrected chi connectivity index (χ0v) is 12.7. The minimum Gasteiger partial charge on any atom is -0.378 e. The van der Waals surface area contributed by atoms with Gasteiger partial charge in [-0.1, -0.05) is 12.1 Å². The summed E-state index contributed by atoms with van der Waals surface area (Å²) in [6, 6.07) is 7.72. The summed E-state index contributed by atoms with van der Waals surface area (Å²) in [5, 5.41) is 18.2. The first-order chi connectivity index (χ1) is 11.0. The minimum absolute atomic E-state index is 0.000423. The normalized spacial score (nSPS) is 18.0. The monoisotopic (exact) mass is 312 g/mol. The second kappa shape index (κ2) is 5.71. The number of hydrogen-bond acceptors (Lipinski definition) is 6. The van der Waals surface area contributed by atoms with Crippen molar-refractivity contribution in [3.63, 3.8) is 0 Å². The van der Waals surface area contributed by atoms with Crippen LogP contribution in [0.5, 0.6) is 0 Å². The van der Waals surface area contributed by atoms with Gasteiger partial charge in [0.15, 0.2) is 0 Å². The van der Waals surface area contributed by atoms with Gasteiger partial charge in [-0.05, 0) is 35.9 Å². The number of fused-ring (bicyclic) bond motifs is 1. The summed E-state index contributed by atoms with van der Waals surface area (Å²) in [6.45, 7) is 0. The van der Waals surface area contributed by atoms with E-state index in [1.54, 1.807) is 12.2 Å². The molecule has 0 saturated carbocycles. The summed E-state index contributed by atoms with van der Waals surface area (Å²) in [7, 11) is 3.91. The molecular weight excluding hydrogens is 296 g/mol. The Morgan fingerprint density at radius 2 is 1.83 bits per heavy atom. The van der Waals surface area contributed by atoms with Crippen LogP contribution < -0.4 is 4.90 Å². The number of anilines is 1. The molecule has 0 aromatic heterocycles. The van der Waals surface area contributed by atoms with E-state index in [0.29, 0.717) is 11.5 Å². The number of aliphatic imine (C=N–C) groups is 1. The van der Waals surface area contributed by atoms with Crippen LogP contribution in [0, 0.1) is 0 Å². The van der Waals surface area contributed by atoms with Crippen molar-refractivity contribution in [2.45, 2.75) is 0 Å². The molecule has 0 spiro atoms. The smallest absolute Gasteiger partial charge is 0.295 e. The predicted octanol–water partition coefficient (Wildman–Crippen LogP) is 1.83. The van der Waals surface area contributed by atoms with Gasteiger partial charge in [-0.25, -0.2) is 0 Å². The maximum atomic E-state index is 12.1. The Morgan fingerprint density at radius 3 is 2.43 bits per heavy atom. The molecule has 0 aliphatic carbocycles. The van der Waals surface area contributed by atoms with Gasteiger partial charge in [0.2, 0.25) is 0 Å². The third kappa shape index (κ3) is 2.87. The number of benzene rings is 1. The Labute approximate surface area is 133 Å². The Morgan fingerprint density at radius 1 is 1.13 bits per heavy atom. The Kier molecular flexibility index (Phi) is 3.73. The number of hydrogen-bond donors (Lipinski definition) is 2. The lowest BCUT2D eigenvalue weighted by Gasteiger charge is -2.21. The Balaban J connectivity index is 1.93. The lowest BCUT2D eigenvalue weighted by molar-refractivity contribution is -0.276. The molecule has 1 amide bonds. The molecule has 1 aromatic carbocycles. The van der Waals surface area contributed by atoms with Crippen molar-refractivity contribution in [2.75, 3.05) is 19.0 Å². The molecule has 7 heteroatoms. The van der Waals surface area contributed by atoms with Crippen molar-refractivity contribution in [3.05, 3.63) is 59.6 Å². The van der Waals surface area contributed by atoms with Crippen LogP contribution in [0.1, 0.15) is 5.56 Å². The van der Waals surface area contributed by atoms with Gasteiger partial charge in [-0.3, -0.25) is 20.1 Å². The zero-order valence-electron chi connectivity index (χ0n) is 12.7. The van der Waals surface area contributed by atoms with Crippen LogP contribution in [-0.4, -0.2) is 46.4 Å². The molecule has 1 aromatic rings. The van der Waals surface area contributed by atoms with Gasteiger partial charge >= 0.3 is 0 Å². The second-order valence-corrected chi connectivity index (χ2v) is 5.34. The average molecular weight is 312 g/mol. The van der Waals surface area contributed by atoms with Crippen molar-refractivity contribution in [1.82, 2.24) is 10.1 Å². The van der Waals surface area contributed by atoms with E-state index in [4.69, 9.17) is 10.4 Å². The molecule has 2 aliphatic heterocycles. The molecule has 2 aliphatic rings. The van der Waals surface area contributed by atoms with Crippen LogP contribution >= 0.6 is 0 Å². The zero-order chi connectivity index (χ0) is 16.6. The topological polar surface area (TPSA) is 79.6 Å². The summed E-state index contributed by atoms with van der Waals surface area (Å²) in [5.74, 6) is 0.0676. The average Bonchev–Trinajstić information content (AvgIpc) is 2.83. The van der Waals surface area contributed by atoms with Crippen molar-refractivity contribution >= 4 is 23.5 Å². The first kappa shape index (κ1) is 15.0. The summed E-state index contributed by atoms with van der Waals surface area (Å²) < 4.78 is 0. The van der Waals surface area contributed by atoms with Gasteiger partial charge in [0, 0.05) is 26.0 Å². The second-order valence-electron chi connectivity index (χ2n) is 5.34. The molecule has 0 radical (unpaired) electrons.